The van der Waals surface area contributed by atoms with Gasteiger partial charge in [0.2, 0.25) is 5.60 Å². The van der Waals surface area contributed by atoms with Gasteiger partial charge in [-0.2, -0.15) is 5.10 Å². The molecule has 1 aliphatic heterocycles. The van der Waals surface area contributed by atoms with Crippen LogP contribution >= 0.6 is 0 Å². The lowest BCUT2D eigenvalue weighted by atomic mass is 9.74. The zero-order valence-corrected chi connectivity index (χ0v) is 19.1. The second-order valence-electron chi connectivity index (χ2n) is 8.73. The predicted molar refractivity (Wildman–Crippen MR) is 123 cm³/mol. The van der Waals surface area contributed by atoms with E-state index in [0.29, 0.717) is 17.8 Å². The van der Waals surface area contributed by atoms with Crippen molar-refractivity contribution in [2.45, 2.75) is 44.7 Å². The van der Waals surface area contributed by atoms with E-state index in [1.165, 1.54) is 10.9 Å². The third kappa shape index (κ3) is 6.20. The maximum atomic E-state index is 13.4. The molecule has 33 heavy (non-hydrogen) atoms. The van der Waals surface area contributed by atoms with E-state index >= 15 is 0 Å². The van der Waals surface area contributed by atoms with Crippen LogP contribution in [0.4, 0.5) is 0 Å². The molecule has 0 bridgehead atoms. The van der Waals surface area contributed by atoms with E-state index in [2.05, 4.69) is 20.9 Å². The van der Waals surface area contributed by atoms with Gasteiger partial charge in [0.1, 0.15) is 5.69 Å². The highest BCUT2D eigenvalue weighted by atomic mass is 16.7. The van der Waals surface area contributed by atoms with Gasteiger partial charge in [-0.3, -0.25) is 14.3 Å². The number of nitrogens with one attached hydrogen (secondary N) is 2. The number of benzene rings is 1. The van der Waals surface area contributed by atoms with Gasteiger partial charge in [0, 0.05) is 26.1 Å². The first-order valence-corrected chi connectivity index (χ1v) is 10.9. The molecule has 2 amide bonds. The summed E-state index contributed by atoms with van der Waals surface area (Å²) in [6.45, 7) is 3.96. The Hall–Kier alpha value is -3.18. The maximum absolute atomic E-state index is 13.4. The lowest BCUT2D eigenvalue weighted by molar-refractivity contribution is -0.144. The number of hydrogen-bond acceptors (Lipinski definition) is 7. The van der Waals surface area contributed by atoms with E-state index < -0.39 is 24.6 Å². The summed E-state index contributed by atoms with van der Waals surface area (Å²) in [5.41, 5.74) is 0.406. The third-order valence-electron chi connectivity index (χ3n) is 5.49. The molecule has 1 aromatic heterocycles. The summed E-state index contributed by atoms with van der Waals surface area (Å²) >= 11 is 0. The topological polar surface area (TPSA) is 138 Å². The van der Waals surface area contributed by atoms with Crippen LogP contribution in [-0.2, 0) is 23.1 Å². The smallest absolute Gasteiger partial charge is 0.426 e. The summed E-state index contributed by atoms with van der Waals surface area (Å²) in [6.07, 6.45) is 2.30. The fourth-order valence-electron chi connectivity index (χ4n) is 3.80. The van der Waals surface area contributed by atoms with Gasteiger partial charge in [-0.25, -0.2) is 0 Å². The molecule has 176 valence electrons. The van der Waals surface area contributed by atoms with E-state index in [9.17, 15) is 19.6 Å². The minimum atomic E-state index is -1.70. The molecule has 0 saturated carbocycles. The van der Waals surface area contributed by atoms with E-state index in [4.69, 9.17) is 4.84 Å². The van der Waals surface area contributed by atoms with Gasteiger partial charge in [-0.05, 0) is 24.0 Å². The zero-order valence-electron chi connectivity index (χ0n) is 19.1. The number of oxime groups is 1. The van der Waals surface area contributed by atoms with Crippen LogP contribution in [0.15, 0.2) is 47.8 Å². The minimum Gasteiger partial charge on any atom is -0.426 e. The SMILES string of the molecule is CC(C)C[C@H](NC(=O)C1(Cc2ccccc2)CC(CNC(=O)c2ccnn2C)=NO1)B(O)O. The van der Waals surface area contributed by atoms with Crippen molar-refractivity contribution in [2.24, 2.45) is 18.1 Å². The van der Waals surface area contributed by atoms with Crippen molar-refractivity contribution in [3.63, 3.8) is 0 Å². The van der Waals surface area contributed by atoms with Crippen LogP contribution in [0.3, 0.4) is 0 Å². The fraction of sp³-hybridized carbons (Fsp3) is 0.455. The first-order chi connectivity index (χ1) is 15.7. The monoisotopic (exact) mass is 455 g/mol. The first-order valence-electron chi connectivity index (χ1n) is 10.9. The van der Waals surface area contributed by atoms with Crippen LogP contribution in [-0.4, -0.2) is 62.6 Å². The standard InChI is InChI=1S/C22H30BN5O5/c1-15(2)11-19(23(31)32)26-21(30)22(12-16-7-5-4-6-8-16)13-17(27-33-22)14-24-20(29)18-9-10-25-28(18)3/h4-10,15,19,31-32H,11-14H2,1-3H3,(H,24,29)(H,26,30)/t19-,22?/m0/s1. The van der Waals surface area contributed by atoms with Crippen LogP contribution in [0.25, 0.3) is 0 Å². The quantitative estimate of drug-likeness (QED) is 0.384. The van der Waals surface area contributed by atoms with Gasteiger partial charge in [0.25, 0.3) is 11.8 Å². The molecule has 11 heteroatoms. The number of rotatable bonds is 10. The molecule has 0 aliphatic carbocycles. The van der Waals surface area contributed by atoms with Crippen molar-refractivity contribution < 1.29 is 24.5 Å². The van der Waals surface area contributed by atoms with Crippen LogP contribution in [0.1, 0.15) is 42.7 Å². The number of nitrogens with zero attached hydrogens (tertiary/aromatic N) is 3. The van der Waals surface area contributed by atoms with Crippen LogP contribution in [0.2, 0.25) is 0 Å². The molecule has 2 heterocycles. The van der Waals surface area contributed by atoms with Gasteiger partial charge in [0.15, 0.2) is 0 Å². The van der Waals surface area contributed by atoms with E-state index in [1.54, 1.807) is 13.1 Å². The Bertz CT molecular complexity index is 994. The first kappa shape index (κ1) is 24.5. The molecule has 1 aromatic carbocycles. The van der Waals surface area contributed by atoms with Crippen LogP contribution in [0, 0.1) is 5.92 Å². The van der Waals surface area contributed by atoms with Crippen molar-refractivity contribution in [3.8, 4) is 0 Å². The Labute approximate surface area is 193 Å². The van der Waals surface area contributed by atoms with E-state index in [-0.39, 0.29) is 31.2 Å². The number of hydrogen-bond donors (Lipinski definition) is 4. The summed E-state index contributed by atoms with van der Waals surface area (Å²) < 4.78 is 1.46. The summed E-state index contributed by atoms with van der Waals surface area (Å²) in [7, 11) is -0.0335. The third-order valence-corrected chi connectivity index (χ3v) is 5.49. The Balaban J connectivity index is 1.73. The van der Waals surface area contributed by atoms with Crippen LogP contribution in [0.5, 0.6) is 0 Å². The molecule has 0 spiro atoms. The van der Waals surface area contributed by atoms with Crippen molar-refractivity contribution in [3.05, 3.63) is 53.9 Å². The molecular formula is C22H30BN5O5. The molecule has 1 aliphatic rings. The Kier molecular flexibility index (Phi) is 7.88. The molecule has 2 atom stereocenters. The van der Waals surface area contributed by atoms with E-state index in [1.807, 2.05) is 44.2 Å². The number of carbonyl (C=O) groups excluding carboxylic acids is 2. The second-order valence-corrected chi connectivity index (χ2v) is 8.73. The van der Waals surface area contributed by atoms with Gasteiger partial charge < -0.3 is 25.5 Å². The molecular weight excluding hydrogens is 425 g/mol. The van der Waals surface area contributed by atoms with Crippen molar-refractivity contribution in [2.75, 3.05) is 6.54 Å². The Morgan fingerprint density at radius 2 is 1.97 bits per heavy atom. The second kappa shape index (κ2) is 10.6. The summed E-state index contributed by atoms with van der Waals surface area (Å²) in [6, 6.07) is 11.0. The summed E-state index contributed by atoms with van der Waals surface area (Å²) in [4.78, 5) is 31.4. The molecule has 0 saturated heterocycles. The zero-order chi connectivity index (χ0) is 24.0. The average molecular weight is 455 g/mol. The lowest BCUT2D eigenvalue weighted by Gasteiger charge is -2.29. The van der Waals surface area contributed by atoms with Gasteiger partial charge >= 0.3 is 7.12 Å². The van der Waals surface area contributed by atoms with Gasteiger partial charge in [0.05, 0.1) is 18.2 Å². The summed E-state index contributed by atoms with van der Waals surface area (Å²) in [5, 5.41) is 33.1. The molecule has 10 nitrogen and oxygen atoms in total. The number of carbonyl (C=O) groups is 2. The highest BCUT2D eigenvalue weighted by Crippen LogP contribution is 2.29. The number of amides is 2. The maximum Gasteiger partial charge on any atom is 0.475 e. The average Bonchev–Trinajstić information content (AvgIpc) is 3.39. The van der Waals surface area contributed by atoms with Crippen LogP contribution < -0.4 is 10.6 Å². The molecule has 0 radical (unpaired) electrons. The Morgan fingerprint density at radius 1 is 1.24 bits per heavy atom. The number of aryl methyl sites for hydroxylation is 1. The van der Waals surface area contributed by atoms with Gasteiger partial charge in [-0.15, -0.1) is 0 Å². The lowest BCUT2D eigenvalue weighted by Crippen LogP contribution is -2.56. The molecule has 0 fully saturated rings. The fourth-order valence-corrected chi connectivity index (χ4v) is 3.80. The molecule has 1 unspecified atom stereocenters. The van der Waals surface area contributed by atoms with Crippen molar-refractivity contribution in [1.82, 2.24) is 20.4 Å². The highest BCUT2D eigenvalue weighted by molar-refractivity contribution is 6.43. The largest absolute Gasteiger partial charge is 0.475 e. The minimum absolute atomic E-state index is 0.103. The number of aromatic nitrogens is 2. The van der Waals surface area contributed by atoms with E-state index in [0.717, 1.165) is 5.56 Å². The molecule has 4 N–H and O–H groups in total. The normalized spacial score (nSPS) is 18.4. The Morgan fingerprint density at radius 3 is 2.58 bits per heavy atom. The van der Waals surface area contributed by atoms with Crippen molar-refractivity contribution in [1.29, 1.82) is 0 Å². The molecule has 2 aromatic rings. The predicted octanol–water partition coefficient (Wildman–Crippen LogP) is 0.451. The van der Waals surface area contributed by atoms with Crippen molar-refractivity contribution >= 4 is 24.6 Å². The molecule has 3 rings (SSSR count). The highest BCUT2D eigenvalue weighted by Gasteiger charge is 2.48. The summed E-state index contributed by atoms with van der Waals surface area (Å²) in [5.74, 6) is -1.51. The van der Waals surface area contributed by atoms with Gasteiger partial charge in [-0.1, -0.05) is 49.3 Å².